The van der Waals surface area contributed by atoms with E-state index in [9.17, 15) is 0 Å². The van der Waals surface area contributed by atoms with Crippen LogP contribution in [0.15, 0.2) is 109 Å². The normalized spacial score (nSPS) is 11.1. The third-order valence-corrected chi connectivity index (χ3v) is 5.38. The summed E-state index contributed by atoms with van der Waals surface area (Å²) in [5, 5.41) is 0. The Morgan fingerprint density at radius 1 is 0.484 bits per heavy atom. The summed E-state index contributed by atoms with van der Waals surface area (Å²) in [7, 11) is 0. The number of nitrogens with two attached hydrogens (primary N) is 2. The molecule has 0 aromatic heterocycles. The van der Waals surface area contributed by atoms with Crippen molar-refractivity contribution in [3.05, 3.63) is 120 Å². The maximum atomic E-state index is 6.29. The highest BCUT2D eigenvalue weighted by Gasteiger charge is 2.36. The van der Waals surface area contributed by atoms with E-state index in [1.165, 1.54) is 0 Å². The Balaban J connectivity index is 1.72. The molecule has 0 aliphatic rings. The lowest BCUT2D eigenvalue weighted by Crippen LogP contribution is -2.40. The summed E-state index contributed by atoms with van der Waals surface area (Å²) in [6.07, 6.45) is 0. The largest absolute Gasteiger partial charge is 0.492 e. The van der Waals surface area contributed by atoms with Gasteiger partial charge in [-0.2, -0.15) is 0 Å². The van der Waals surface area contributed by atoms with E-state index in [1.54, 1.807) is 0 Å². The molecule has 0 amide bonds. The van der Waals surface area contributed by atoms with Crippen LogP contribution in [0.5, 0.6) is 11.5 Å². The second-order valence-corrected chi connectivity index (χ2v) is 7.53. The molecule has 0 spiro atoms. The van der Waals surface area contributed by atoms with Crippen LogP contribution in [0.25, 0.3) is 0 Å². The van der Waals surface area contributed by atoms with E-state index in [4.69, 9.17) is 20.9 Å². The minimum absolute atomic E-state index is 0.403. The molecule has 0 radical (unpaired) electrons. The van der Waals surface area contributed by atoms with Crippen molar-refractivity contribution in [3.63, 3.8) is 0 Å². The molecule has 4 nitrogen and oxygen atoms in total. The number of nitrogen functional groups attached to an aromatic ring is 2. The Morgan fingerprint density at radius 3 is 1.19 bits per heavy atom. The molecule has 4 heteroatoms. The zero-order valence-electron chi connectivity index (χ0n) is 17.3. The van der Waals surface area contributed by atoms with Gasteiger partial charge >= 0.3 is 0 Å². The smallest absolute Gasteiger partial charge is 0.119 e. The van der Waals surface area contributed by atoms with Crippen LogP contribution in [0.1, 0.15) is 11.1 Å². The van der Waals surface area contributed by atoms with Crippen LogP contribution in [-0.2, 0) is 5.41 Å². The van der Waals surface area contributed by atoms with Gasteiger partial charge < -0.3 is 20.9 Å². The predicted octanol–water partition coefficient (Wildman–Crippen LogP) is 5.30. The average molecular weight is 411 g/mol. The number of hydrogen-bond donors (Lipinski definition) is 2. The molecule has 0 atom stereocenters. The zero-order chi connectivity index (χ0) is 21.5. The zero-order valence-corrected chi connectivity index (χ0v) is 17.3. The van der Waals surface area contributed by atoms with Gasteiger partial charge in [0.15, 0.2) is 0 Å². The number of ether oxygens (including phenoxy) is 2. The van der Waals surface area contributed by atoms with E-state index >= 15 is 0 Å². The van der Waals surface area contributed by atoms with Crippen molar-refractivity contribution in [2.45, 2.75) is 5.41 Å². The van der Waals surface area contributed by atoms with Crippen molar-refractivity contribution in [1.29, 1.82) is 0 Å². The minimum atomic E-state index is -0.523. The highest BCUT2D eigenvalue weighted by atomic mass is 16.5. The van der Waals surface area contributed by atoms with Crippen molar-refractivity contribution in [3.8, 4) is 11.5 Å². The first-order valence-electron chi connectivity index (χ1n) is 10.2. The maximum absolute atomic E-state index is 6.29. The van der Waals surface area contributed by atoms with Gasteiger partial charge in [0.05, 0.1) is 5.41 Å². The van der Waals surface area contributed by atoms with Crippen molar-refractivity contribution in [2.24, 2.45) is 0 Å². The van der Waals surface area contributed by atoms with E-state index in [2.05, 4.69) is 24.3 Å². The minimum Gasteiger partial charge on any atom is -0.492 e. The summed E-state index contributed by atoms with van der Waals surface area (Å²) in [5.74, 6) is 1.52. The second kappa shape index (κ2) is 9.26. The summed E-state index contributed by atoms with van der Waals surface area (Å²) < 4.78 is 12.6. The predicted molar refractivity (Wildman–Crippen MR) is 126 cm³/mol. The molecule has 0 saturated carbocycles. The fraction of sp³-hybridized carbons (Fsp3) is 0.111. The van der Waals surface area contributed by atoms with Crippen molar-refractivity contribution < 1.29 is 9.47 Å². The summed E-state index contributed by atoms with van der Waals surface area (Å²) in [6.45, 7) is 0.805. The van der Waals surface area contributed by atoms with Gasteiger partial charge in [0.1, 0.15) is 24.7 Å². The lowest BCUT2D eigenvalue weighted by Gasteiger charge is -2.34. The standard InChI is InChI=1S/C27H26N2O2/c28-23-11-15-25(16-12-23)30-19-27(21-7-3-1-4-8-21,22-9-5-2-6-10-22)20-31-26-17-13-24(29)14-18-26/h1-18H,19-20,28-29H2. The number of anilines is 2. The van der Waals surface area contributed by atoms with Gasteiger partial charge in [0.25, 0.3) is 0 Å². The van der Waals surface area contributed by atoms with E-state index < -0.39 is 5.41 Å². The first kappa shape index (κ1) is 20.4. The Bertz CT molecular complexity index is 989. The van der Waals surface area contributed by atoms with Crippen molar-refractivity contribution >= 4 is 11.4 Å². The highest BCUT2D eigenvalue weighted by molar-refractivity contribution is 5.44. The first-order valence-corrected chi connectivity index (χ1v) is 10.2. The molecule has 156 valence electrons. The van der Waals surface area contributed by atoms with E-state index in [1.807, 2.05) is 84.9 Å². The van der Waals surface area contributed by atoms with Gasteiger partial charge in [-0.3, -0.25) is 0 Å². The topological polar surface area (TPSA) is 70.5 Å². The van der Waals surface area contributed by atoms with Gasteiger partial charge in [-0.25, -0.2) is 0 Å². The van der Waals surface area contributed by atoms with Crippen molar-refractivity contribution in [1.82, 2.24) is 0 Å². The summed E-state index contributed by atoms with van der Waals surface area (Å²) in [5.41, 5.74) is 14.8. The van der Waals surface area contributed by atoms with Gasteiger partial charge in [0, 0.05) is 11.4 Å². The molecular weight excluding hydrogens is 384 g/mol. The molecule has 0 fully saturated rings. The van der Waals surface area contributed by atoms with Crippen LogP contribution in [0.2, 0.25) is 0 Å². The third-order valence-electron chi connectivity index (χ3n) is 5.38. The quantitative estimate of drug-likeness (QED) is 0.387. The Kier molecular flexibility index (Phi) is 6.08. The van der Waals surface area contributed by atoms with E-state index in [-0.39, 0.29) is 0 Å². The molecule has 4 N–H and O–H groups in total. The van der Waals surface area contributed by atoms with Crippen LogP contribution in [0.3, 0.4) is 0 Å². The molecule has 0 saturated heterocycles. The van der Waals surface area contributed by atoms with Gasteiger partial charge in [-0.05, 0) is 59.7 Å². The summed E-state index contributed by atoms with van der Waals surface area (Å²) in [6, 6.07) is 35.6. The number of benzene rings is 4. The lowest BCUT2D eigenvalue weighted by molar-refractivity contribution is 0.169. The molecule has 0 unspecified atom stereocenters. The fourth-order valence-electron chi connectivity index (χ4n) is 3.60. The molecular formula is C27H26N2O2. The molecule has 4 rings (SSSR count). The van der Waals surface area contributed by atoms with Crippen LogP contribution in [0.4, 0.5) is 11.4 Å². The number of hydrogen-bond acceptors (Lipinski definition) is 4. The van der Waals surface area contributed by atoms with Crippen LogP contribution in [-0.4, -0.2) is 13.2 Å². The summed E-state index contributed by atoms with van der Waals surface area (Å²) in [4.78, 5) is 0. The molecule has 0 aliphatic heterocycles. The molecule has 0 aliphatic carbocycles. The fourth-order valence-corrected chi connectivity index (χ4v) is 3.60. The Morgan fingerprint density at radius 2 is 0.839 bits per heavy atom. The second-order valence-electron chi connectivity index (χ2n) is 7.53. The van der Waals surface area contributed by atoms with E-state index in [0.29, 0.717) is 24.6 Å². The lowest BCUT2D eigenvalue weighted by atomic mass is 9.75. The third kappa shape index (κ3) is 4.81. The molecule has 4 aromatic rings. The SMILES string of the molecule is Nc1ccc(OCC(COc2ccc(N)cc2)(c2ccccc2)c2ccccc2)cc1. The Hall–Kier alpha value is -3.92. The summed E-state index contributed by atoms with van der Waals surface area (Å²) >= 11 is 0. The average Bonchev–Trinajstić information content (AvgIpc) is 2.83. The van der Waals surface area contributed by atoms with Crippen molar-refractivity contribution in [2.75, 3.05) is 24.7 Å². The monoisotopic (exact) mass is 410 g/mol. The van der Waals surface area contributed by atoms with Crippen LogP contribution < -0.4 is 20.9 Å². The molecule has 0 heterocycles. The Labute approximate surface area is 183 Å². The highest BCUT2D eigenvalue weighted by Crippen LogP contribution is 2.34. The maximum Gasteiger partial charge on any atom is 0.119 e. The van der Waals surface area contributed by atoms with Crippen LogP contribution >= 0.6 is 0 Å². The molecule has 0 bridgehead atoms. The van der Waals surface area contributed by atoms with E-state index in [0.717, 1.165) is 22.6 Å². The number of rotatable bonds is 8. The van der Waals surface area contributed by atoms with Gasteiger partial charge in [0.2, 0.25) is 0 Å². The molecule has 4 aromatic carbocycles. The first-order chi connectivity index (χ1) is 15.2. The molecule has 31 heavy (non-hydrogen) atoms. The van der Waals surface area contributed by atoms with Gasteiger partial charge in [-0.15, -0.1) is 0 Å². The van der Waals surface area contributed by atoms with Crippen LogP contribution in [0, 0.1) is 0 Å². The van der Waals surface area contributed by atoms with Gasteiger partial charge in [-0.1, -0.05) is 60.7 Å².